The van der Waals surface area contributed by atoms with Gasteiger partial charge in [-0.15, -0.1) is 0 Å². The lowest BCUT2D eigenvalue weighted by Crippen LogP contribution is -2.11. The molecule has 0 bridgehead atoms. The zero-order valence-corrected chi connectivity index (χ0v) is 12.1. The normalized spacial score (nSPS) is 12.1. The molecule has 1 aromatic carbocycles. The van der Waals surface area contributed by atoms with E-state index in [4.69, 9.17) is 4.74 Å². The van der Waals surface area contributed by atoms with Crippen LogP contribution in [0.5, 0.6) is 0 Å². The van der Waals surface area contributed by atoms with E-state index >= 15 is 0 Å². The highest BCUT2D eigenvalue weighted by Gasteiger charge is 2.15. The summed E-state index contributed by atoms with van der Waals surface area (Å²) in [5.74, 6) is -0.182. The fraction of sp³-hybridized carbons (Fsp3) is 0.529. The molecule has 2 heteroatoms. The fourth-order valence-electron chi connectivity index (χ4n) is 2.03. The van der Waals surface area contributed by atoms with Crippen molar-refractivity contribution in [1.29, 1.82) is 0 Å². The van der Waals surface area contributed by atoms with Gasteiger partial charge in [0.15, 0.2) is 0 Å². The lowest BCUT2D eigenvalue weighted by molar-refractivity contribution is -0.145. The lowest BCUT2D eigenvalue weighted by atomic mass is 10.1. The molecule has 0 N–H and O–H groups in total. The monoisotopic (exact) mass is 261 g/mol. The molecule has 0 amide bonds. The molecule has 0 fully saturated rings. The molecule has 0 spiro atoms. The summed E-state index contributed by atoms with van der Waals surface area (Å²) in [6, 6.07) is 9.98. The van der Waals surface area contributed by atoms with Gasteiger partial charge >= 0.3 is 5.97 Å². The predicted molar refractivity (Wildman–Crippen MR) is 78.6 cm³/mol. The molecule has 0 heterocycles. The first-order chi connectivity index (χ1) is 9.27. The van der Waals surface area contributed by atoms with Crippen LogP contribution in [0.4, 0.5) is 0 Å². The van der Waals surface area contributed by atoms with Crippen molar-refractivity contribution < 1.29 is 9.53 Å². The van der Waals surface area contributed by atoms with E-state index in [2.05, 4.69) is 13.8 Å². The van der Waals surface area contributed by atoms with Gasteiger partial charge in [-0.25, -0.2) is 0 Å². The molecular formula is C17H25O2. The number of carbonyl (C=O) groups is 1. The second-order valence-corrected chi connectivity index (χ2v) is 4.82. The van der Waals surface area contributed by atoms with Crippen molar-refractivity contribution in [2.75, 3.05) is 0 Å². The van der Waals surface area contributed by atoms with Gasteiger partial charge in [0.2, 0.25) is 0 Å². The number of unbranched alkanes of at least 4 members (excludes halogenated alkanes) is 3. The standard InChI is InChI=1S/C17H25O2/c1-3-5-6-10-14-17(18)19-16(11-4-2)15-12-8-7-9-13-15/h7-9,12-14,16H,3-6,10-11H2,1-2H3. The van der Waals surface area contributed by atoms with Gasteiger partial charge in [0.25, 0.3) is 0 Å². The van der Waals surface area contributed by atoms with Gasteiger partial charge in [-0.3, -0.25) is 4.79 Å². The largest absolute Gasteiger partial charge is 0.457 e. The molecule has 1 rings (SSSR count). The maximum Gasteiger partial charge on any atom is 0.310 e. The van der Waals surface area contributed by atoms with E-state index in [-0.39, 0.29) is 12.1 Å². The van der Waals surface area contributed by atoms with E-state index in [1.807, 2.05) is 30.3 Å². The number of rotatable bonds is 9. The summed E-state index contributed by atoms with van der Waals surface area (Å²) in [4.78, 5) is 11.8. The highest BCUT2D eigenvalue weighted by Crippen LogP contribution is 2.23. The summed E-state index contributed by atoms with van der Waals surface area (Å²) in [6.07, 6.45) is 7.67. The molecule has 0 aliphatic heterocycles. The van der Waals surface area contributed by atoms with E-state index in [0.717, 1.165) is 31.2 Å². The predicted octanol–water partition coefficient (Wildman–Crippen LogP) is 4.86. The van der Waals surface area contributed by atoms with Gasteiger partial charge in [-0.2, -0.15) is 0 Å². The fourth-order valence-corrected chi connectivity index (χ4v) is 2.03. The third-order valence-corrected chi connectivity index (χ3v) is 3.10. The number of hydrogen-bond donors (Lipinski definition) is 0. The summed E-state index contributed by atoms with van der Waals surface area (Å²) in [6.45, 7) is 4.26. The molecule has 0 saturated carbocycles. The van der Waals surface area contributed by atoms with Crippen molar-refractivity contribution in [1.82, 2.24) is 0 Å². The van der Waals surface area contributed by atoms with Crippen LogP contribution >= 0.6 is 0 Å². The maximum absolute atomic E-state index is 11.8. The van der Waals surface area contributed by atoms with Gasteiger partial charge in [0.05, 0.1) is 6.42 Å². The summed E-state index contributed by atoms with van der Waals surface area (Å²) in [5, 5.41) is 0. The van der Waals surface area contributed by atoms with Gasteiger partial charge < -0.3 is 4.74 Å². The molecule has 105 valence electrons. The summed E-state index contributed by atoms with van der Waals surface area (Å²) >= 11 is 0. The Hall–Kier alpha value is -1.31. The second kappa shape index (κ2) is 9.60. The molecule has 1 radical (unpaired) electrons. The topological polar surface area (TPSA) is 26.3 Å². The van der Waals surface area contributed by atoms with Gasteiger partial charge in [-0.05, 0) is 18.4 Å². The van der Waals surface area contributed by atoms with Gasteiger partial charge in [-0.1, -0.05) is 69.9 Å². The number of esters is 1. The van der Waals surface area contributed by atoms with E-state index in [1.54, 1.807) is 6.42 Å². The Kier molecular flexibility index (Phi) is 7.95. The highest BCUT2D eigenvalue weighted by molar-refractivity contribution is 5.78. The SMILES string of the molecule is CCCCC[CH]C(=O)OC(CCC)c1ccccc1. The minimum atomic E-state index is -0.182. The first-order valence-electron chi connectivity index (χ1n) is 7.36. The Bertz CT molecular complexity index is 346. The smallest absolute Gasteiger partial charge is 0.310 e. The minimum absolute atomic E-state index is 0.110. The molecule has 1 atom stereocenters. The summed E-state index contributed by atoms with van der Waals surface area (Å²) < 4.78 is 5.56. The Morgan fingerprint density at radius 3 is 2.53 bits per heavy atom. The van der Waals surface area contributed by atoms with Crippen LogP contribution < -0.4 is 0 Å². The van der Waals surface area contributed by atoms with Crippen molar-refractivity contribution in [3.8, 4) is 0 Å². The molecule has 2 nitrogen and oxygen atoms in total. The summed E-state index contributed by atoms with van der Waals surface area (Å²) in [5.41, 5.74) is 1.08. The van der Waals surface area contributed by atoms with Crippen LogP contribution in [0.2, 0.25) is 0 Å². The van der Waals surface area contributed by atoms with Crippen molar-refractivity contribution in [2.24, 2.45) is 0 Å². The average Bonchev–Trinajstić information content (AvgIpc) is 2.44. The van der Waals surface area contributed by atoms with E-state index in [9.17, 15) is 4.79 Å². The van der Waals surface area contributed by atoms with Crippen molar-refractivity contribution in [3.63, 3.8) is 0 Å². The molecule has 1 aromatic rings. The van der Waals surface area contributed by atoms with Crippen molar-refractivity contribution in [3.05, 3.63) is 42.3 Å². The van der Waals surface area contributed by atoms with E-state index < -0.39 is 0 Å². The van der Waals surface area contributed by atoms with Crippen LogP contribution in [0, 0.1) is 6.42 Å². The Labute approximate surface area is 117 Å². The van der Waals surface area contributed by atoms with Crippen LogP contribution in [0.15, 0.2) is 30.3 Å². The Balaban J connectivity index is 2.43. The first-order valence-corrected chi connectivity index (χ1v) is 7.36. The third kappa shape index (κ3) is 6.42. The van der Waals surface area contributed by atoms with Crippen molar-refractivity contribution in [2.45, 2.75) is 58.5 Å². The minimum Gasteiger partial charge on any atom is -0.457 e. The summed E-state index contributed by atoms with van der Waals surface area (Å²) in [7, 11) is 0. The molecular weight excluding hydrogens is 236 g/mol. The van der Waals surface area contributed by atoms with Crippen LogP contribution in [0.1, 0.15) is 64.0 Å². The maximum atomic E-state index is 11.8. The molecule has 0 saturated heterocycles. The Morgan fingerprint density at radius 2 is 1.89 bits per heavy atom. The molecule has 19 heavy (non-hydrogen) atoms. The lowest BCUT2D eigenvalue weighted by Gasteiger charge is -2.17. The number of benzene rings is 1. The zero-order chi connectivity index (χ0) is 13.9. The Morgan fingerprint density at radius 1 is 1.16 bits per heavy atom. The van der Waals surface area contributed by atoms with Gasteiger partial charge in [0, 0.05) is 0 Å². The van der Waals surface area contributed by atoms with Crippen LogP contribution in [-0.4, -0.2) is 5.97 Å². The average molecular weight is 261 g/mol. The molecule has 0 aliphatic rings. The zero-order valence-electron chi connectivity index (χ0n) is 12.1. The van der Waals surface area contributed by atoms with Crippen LogP contribution in [0.25, 0.3) is 0 Å². The number of carbonyl (C=O) groups excluding carboxylic acids is 1. The molecule has 0 aliphatic carbocycles. The molecule has 1 unspecified atom stereocenters. The second-order valence-electron chi connectivity index (χ2n) is 4.82. The number of hydrogen-bond acceptors (Lipinski definition) is 2. The van der Waals surface area contributed by atoms with Crippen LogP contribution in [-0.2, 0) is 9.53 Å². The highest BCUT2D eigenvalue weighted by atomic mass is 16.5. The van der Waals surface area contributed by atoms with E-state index in [0.29, 0.717) is 0 Å². The van der Waals surface area contributed by atoms with Crippen molar-refractivity contribution >= 4 is 5.97 Å². The first kappa shape index (κ1) is 15.7. The number of ether oxygens (including phenoxy) is 1. The third-order valence-electron chi connectivity index (χ3n) is 3.10. The molecule has 0 aromatic heterocycles. The van der Waals surface area contributed by atoms with Crippen LogP contribution in [0.3, 0.4) is 0 Å². The van der Waals surface area contributed by atoms with Gasteiger partial charge in [0.1, 0.15) is 6.10 Å². The van der Waals surface area contributed by atoms with E-state index in [1.165, 1.54) is 12.8 Å². The quantitative estimate of drug-likeness (QED) is 0.469.